The molecule has 1 fully saturated rings. The Morgan fingerprint density at radius 3 is 2.56 bits per heavy atom. The summed E-state index contributed by atoms with van der Waals surface area (Å²) < 4.78 is 5.33. The highest BCUT2D eigenvalue weighted by Gasteiger charge is 2.38. The van der Waals surface area contributed by atoms with Gasteiger partial charge >= 0.3 is 0 Å². The summed E-state index contributed by atoms with van der Waals surface area (Å²) in [6.45, 7) is 3.76. The van der Waals surface area contributed by atoms with Gasteiger partial charge in [0.15, 0.2) is 5.82 Å². The number of carbonyl (C=O) groups excluding carboxylic acids is 2. The molecule has 1 heterocycles. The van der Waals surface area contributed by atoms with E-state index in [2.05, 4.69) is 20.8 Å². The molecule has 25 heavy (non-hydrogen) atoms. The van der Waals surface area contributed by atoms with Gasteiger partial charge < -0.3 is 20.9 Å². The molecule has 0 saturated heterocycles. The molecule has 8 heteroatoms. The predicted molar refractivity (Wildman–Crippen MR) is 92.5 cm³/mol. The molecule has 0 spiro atoms. The fraction of sp³-hybridized carbons (Fsp3) is 0.765. The molecular formula is C17H29N5O3. The summed E-state index contributed by atoms with van der Waals surface area (Å²) >= 11 is 0. The van der Waals surface area contributed by atoms with Crippen LogP contribution in [-0.2, 0) is 21.5 Å². The van der Waals surface area contributed by atoms with Crippen molar-refractivity contribution in [3.05, 3.63) is 11.7 Å². The number of aromatic nitrogens is 2. The molecule has 1 saturated carbocycles. The summed E-state index contributed by atoms with van der Waals surface area (Å²) in [5.74, 6) is 0.752. The first kappa shape index (κ1) is 19.4. The van der Waals surface area contributed by atoms with Crippen LogP contribution >= 0.6 is 0 Å². The summed E-state index contributed by atoms with van der Waals surface area (Å²) in [6, 6.07) is -0.0558. The number of amides is 2. The molecule has 0 bridgehead atoms. The van der Waals surface area contributed by atoms with E-state index in [1.54, 1.807) is 0 Å². The predicted octanol–water partition coefficient (Wildman–Crippen LogP) is 1.15. The number of hydrogen-bond acceptors (Lipinski definition) is 6. The van der Waals surface area contributed by atoms with Crippen molar-refractivity contribution in [3.63, 3.8) is 0 Å². The maximum Gasteiger partial charge on any atom is 0.227 e. The highest BCUT2D eigenvalue weighted by molar-refractivity contribution is 5.76. The lowest BCUT2D eigenvalue weighted by atomic mass is 9.89. The van der Waals surface area contributed by atoms with Gasteiger partial charge in [-0.25, -0.2) is 0 Å². The van der Waals surface area contributed by atoms with Crippen LogP contribution in [-0.4, -0.2) is 34.5 Å². The zero-order valence-electron chi connectivity index (χ0n) is 15.1. The van der Waals surface area contributed by atoms with Gasteiger partial charge in [-0.3, -0.25) is 9.59 Å². The third-order valence-corrected chi connectivity index (χ3v) is 4.60. The van der Waals surface area contributed by atoms with Gasteiger partial charge in [0, 0.05) is 32.4 Å². The topological polar surface area (TPSA) is 123 Å². The third-order valence-electron chi connectivity index (χ3n) is 4.60. The minimum Gasteiger partial charge on any atom is -0.352 e. The molecule has 0 unspecified atom stereocenters. The fourth-order valence-electron chi connectivity index (χ4n) is 3.25. The Morgan fingerprint density at radius 1 is 1.28 bits per heavy atom. The van der Waals surface area contributed by atoms with E-state index in [0.29, 0.717) is 24.7 Å². The molecule has 0 aliphatic heterocycles. The van der Waals surface area contributed by atoms with Crippen molar-refractivity contribution in [3.8, 4) is 0 Å². The van der Waals surface area contributed by atoms with E-state index in [1.807, 2.05) is 6.92 Å². The van der Waals surface area contributed by atoms with Gasteiger partial charge in [-0.15, -0.1) is 0 Å². The van der Waals surface area contributed by atoms with Crippen LogP contribution in [0.15, 0.2) is 4.52 Å². The number of rotatable bonds is 7. The van der Waals surface area contributed by atoms with Crippen LogP contribution < -0.4 is 16.4 Å². The van der Waals surface area contributed by atoms with Crippen LogP contribution in [0.3, 0.4) is 0 Å². The van der Waals surface area contributed by atoms with Crippen molar-refractivity contribution in [1.29, 1.82) is 0 Å². The Hall–Kier alpha value is -1.96. The highest BCUT2D eigenvalue weighted by Crippen LogP contribution is 2.34. The quantitative estimate of drug-likeness (QED) is 0.633. The number of hydrogen-bond donors (Lipinski definition) is 3. The lowest BCUT2D eigenvalue weighted by Crippen LogP contribution is -2.45. The van der Waals surface area contributed by atoms with Gasteiger partial charge in [0.05, 0.1) is 0 Å². The van der Waals surface area contributed by atoms with Crippen LogP contribution in [0.4, 0.5) is 0 Å². The average Bonchev–Trinajstić information content (AvgIpc) is 2.93. The van der Waals surface area contributed by atoms with Gasteiger partial charge in [-0.05, 0) is 19.8 Å². The Morgan fingerprint density at radius 2 is 1.96 bits per heavy atom. The van der Waals surface area contributed by atoms with E-state index < -0.39 is 5.54 Å². The monoisotopic (exact) mass is 351 g/mol. The Balaban J connectivity index is 2.03. The van der Waals surface area contributed by atoms with E-state index in [4.69, 9.17) is 10.3 Å². The van der Waals surface area contributed by atoms with Crippen LogP contribution in [0.2, 0.25) is 0 Å². The molecule has 4 N–H and O–H groups in total. The summed E-state index contributed by atoms with van der Waals surface area (Å²) in [5.41, 5.74) is 4.94. The van der Waals surface area contributed by atoms with E-state index in [0.717, 1.165) is 38.5 Å². The standard InChI is InChI=1S/C17H29N5O3/c1-12(11-18)19-14(24)7-8-15-20-16(22-25-15)17(21-13(2)23)9-5-3-4-6-10-17/h12H,3-11,18H2,1-2H3,(H,19,24)(H,21,23)/t12-/m0/s1. The van der Waals surface area contributed by atoms with Crippen LogP contribution in [0.5, 0.6) is 0 Å². The molecule has 2 rings (SSSR count). The molecule has 1 atom stereocenters. The molecule has 1 aromatic heterocycles. The summed E-state index contributed by atoms with van der Waals surface area (Å²) in [4.78, 5) is 28.0. The molecule has 0 radical (unpaired) electrons. The van der Waals surface area contributed by atoms with E-state index >= 15 is 0 Å². The zero-order valence-corrected chi connectivity index (χ0v) is 15.1. The van der Waals surface area contributed by atoms with E-state index in [-0.39, 0.29) is 24.3 Å². The first-order valence-corrected chi connectivity index (χ1v) is 9.06. The van der Waals surface area contributed by atoms with Gasteiger partial charge in [0.2, 0.25) is 17.7 Å². The summed E-state index contributed by atoms with van der Waals surface area (Å²) in [5, 5.41) is 9.96. The normalized spacial score (nSPS) is 18.2. The van der Waals surface area contributed by atoms with Crippen LogP contribution in [0.25, 0.3) is 0 Å². The van der Waals surface area contributed by atoms with Gasteiger partial charge in [-0.2, -0.15) is 4.98 Å². The summed E-state index contributed by atoms with van der Waals surface area (Å²) in [6.07, 6.45) is 6.57. The van der Waals surface area contributed by atoms with E-state index in [9.17, 15) is 9.59 Å². The maximum absolute atomic E-state index is 11.8. The van der Waals surface area contributed by atoms with Crippen molar-refractivity contribution >= 4 is 11.8 Å². The van der Waals surface area contributed by atoms with Crippen molar-refractivity contribution in [1.82, 2.24) is 20.8 Å². The molecule has 1 aliphatic carbocycles. The minimum atomic E-state index is -0.555. The Bertz CT molecular complexity index is 579. The third kappa shape index (κ3) is 5.52. The van der Waals surface area contributed by atoms with Crippen molar-refractivity contribution in [2.75, 3.05) is 6.54 Å². The second-order valence-electron chi connectivity index (χ2n) is 6.89. The van der Waals surface area contributed by atoms with Crippen molar-refractivity contribution in [2.24, 2.45) is 5.73 Å². The smallest absolute Gasteiger partial charge is 0.227 e. The van der Waals surface area contributed by atoms with Gasteiger partial charge in [0.25, 0.3) is 0 Å². The molecule has 2 amide bonds. The molecule has 8 nitrogen and oxygen atoms in total. The molecule has 1 aromatic rings. The molecular weight excluding hydrogens is 322 g/mol. The van der Waals surface area contributed by atoms with Crippen molar-refractivity contribution in [2.45, 2.75) is 76.8 Å². The Labute approximate surface area is 148 Å². The number of aryl methyl sites for hydroxylation is 1. The van der Waals surface area contributed by atoms with Crippen molar-refractivity contribution < 1.29 is 14.1 Å². The number of carbonyl (C=O) groups is 2. The fourth-order valence-corrected chi connectivity index (χ4v) is 3.25. The summed E-state index contributed by atoms with van der Waals surface area (Å²) in [7, 11) is 0. The highest BCUT2D eigenvalue weighted by atomic mass is 16.5. The number of nitrogens with one attached hydrogen (secondary N) is 2. The Kier molecular flexibility index (Phi) is 6.92. The number of nitrogens with zero attached hydrogens (tertiary/aromatic N) is 2. The lowest BCUT2D eigenvalue weighted by Gasteiger charge is -2.30. The number of nitrogens with two attached hydrogens (primary N) is 1. The second-order valence-corrected chi connectivity index (χ2v) is 6.89. The first-order valence-electron chi connectivity index (χ1n) is 9.06. The SMILES string of the molecule is CC(=O)NC1(c2noc(CCC(=O)N[C@@H](C)CN)n2)CCCCCC1. The van der Waals surface area contributed by atoms with E-state index in [1.165, 1.54) is 6.92 Å². The minimum absolute atomic E-state index is 0.0558. The maximum atomic E-state index is 11.8. The van der Waals surface area contributed by atoms with Gasteiger partial charge in [-0.1, -0.05) is 30.8 Å². The molecule has 1 aliphatic rings. The second kappa shape index (κ2) is 8.94. The molecule has 140 valence electrons. The van der Waals surface area contributed by atoms with Crippen LogP contribution in [0.1, 0.15) is 70.5 Å². The zero-order chi connectivity index (χ0) is 18.3. The van der Waals surface area contributed by atoms with Crippen LogP contribution in [0, 0.1) is 0 Å². The average molecular weight is 351 g/mol. The molecule has 0 aromatic carbocycles. The largest absolute Gasteiger partial charge is 0.352 e. The van der Waals surface area contributed by atoms with Gasteiger partial charge in [0.1, 0.15) is 5.54 Å². The first-order chi connectivity index (χ1) is 11.9. The lowest BCUT2D eigenvalue weighted by molar-refractivity contribution is -0.122.